The van der Waals surface area contributed by atoms with E-state index in [1.807, 2.05) is 18.2 Å². The summed E-state index contributed by atoms with van der Waals surface area (Å²) in [5.41, 5.74) is 7.82. The van der Waals surface area contributed by atoms with Gasteiger partial charge in [-0.05, 0) is 30.5 Å². The second-order valence-electron chi connectivity index (χ2n) is 5.14. The van der Waals surface area contributed by atoms with Gasteiger partial charge in [0.05, 0.1) is 11.9 Å². The molecule has 100 valence electrons. The molecule has 1 aromatic rings. The van der Waals surface area contributed by atoms with E-state index in [9.17, 15) is 8.42 Å². The zero-order valence-corrected chi connectivity index (χ0v) is 11.7. The molecule has 1 fully saturated rings. The molecule has 0 aromatic heterocycles. The largest absolute Gasteiger partial charge is 0.321 e. The Balaban J connectivity index is 2.36. The Labute approximate surface area is 109 Å². The summed E-state index contributed by atoms with van der Waals surface area (Å²) in [6, 6.07) is 7.56. The van der Waals surface area contributed by atoms with Gasteiger partial charge in [-0.2, -0.15) is 0 Å². The maximum Gasteiger partial charge on any atom is 0.231 e. The Hall–Kier alpha value is -1.07. The summed E-state index contributed by atoms with van der Waals surface area (Å²) in [5, 5.41) is 0. The molecule has 5 heteroatoms. The van der Waals surface area contributed by atoms with E-state index in [1.165, 1.54) is 10.6 Å². The molecule has 2 N–H and O–H groups in total. The summed E-state index contributed by atoms with van der Waals surface area (Å²) in [6.45, 7) is 0. The van der Waals surface area contributed by atoms with Crippen LogP contribution in [0.5, 0.6) is 0 Å². The minimum absolute atomic E-state index is 0.283. The average Bonchev–Trinajstić information content (AvgIpc) is 2.75. The van der Waals surface area contributed by atoms with E-state index in [4.69, 9.17) is 5.73 Å². The van der Waals surface area contributed by atoms with Crippen molar-refractivity contribution in [2.45, 2.75) is 31.2 Å². The van der Waals surface area contributed by atoms with Crippen molar-refractivity contribution >= 4 is 15.7 Å². The van der Waals surface area contributed by atoms with Crippen LogP contribution in [0.4, 0.5) is 5.69 Å². The van der Waals surface area contributed by atoms with Crippen molar-refractivity contribution in [3.63, 3.8) is 0 Å². The first kappa shape index (κ1) is 13.4. The van der Waals surface area contributed by atoms with Crippen LogP contribution in [0.1, 0.15) is 31.2 Å². The van der Waals surface area contributed by atoms with E-state index in [2.05, 4.69) is 0 Å². The minimum Gasteiger partial charge on any atom is -0.321 e. The molecule has 0 aliphatic heterocycles. The predicted octanol–water partition coefficient (Wildman–Crippen LogP) is 1.81. The molecule has 18 heavy (non-hydrogen) atoms. The molecule has 0 saturated heterocycles. The number of benzene rings is 1. The van der Waals surface area contributed by atoms with Crippen molar-refractivity contribution in [3.05, 3.63) is 29.8 Å². The Bertz CT molecular complexity index is 534. The topological polar surface area (TPSA) is 63.4 Å². The van der Waals surface area contributed by atoms with Gasteiger partial charge in [-0.25, -0.2) is 8.42 Å². The number of rotatable bonds is 3. The molecule has 2 rings (SSSR count). The lowest BCUT2D eigenvalue weighted by Crippen LogP contribution is -2.33. The summed E-state index contributed by atoms with van der Waals surface area (Å²) in [6.07, 6.45) is 5.43. The maximum absolute atomic E-state index is 11.5. The van der Waals surface area contributed by atoms with Gasteiger partial charge in [0.15, 0.2) is 0 Å². The third-order valence-electron chi connectivity index (χ3n) is 3.78. The van der Waals surface area contributed by atoms with Gasteiger partial charge in [0.1, 0.15) is 0 Å². The summed E-state index contributed by atoms with van der Waals surface area (Å²) in [5.74, 6) is 0. The Kier molecular flexibility index (Phi) is 3.38. The van der Waals surface area contributed by atoms with E-state index < -0.39 is 10.0 Å². The van der Waals surface area contributed by atoms with Gasteiger partial charge in [0.25, 0.3) is 0 Å². The molecule has 0 bridgehead atoms. The molecule has 0 atom stereocenters. The van der Waals surface area contributed by atoms with Crippen molar-refractivity contribution in [1.82, 2.24) is 0 Å². The van der Waals surface area contributed by atoms with Crippen molar-refractivity contribution in [1.29, 1.82) is 0 Å². The van der Waals surface area contributed by atoms with Gasteiger partial charge in [0.2, 0.25) is 10.0 Å². The summed E-state index contributed by atoms with van der Waals surface area (Å²) in [4.78, 5) is 0. The van der Waals surface area contributed by atoms with Crippen LogP contribution >= 0.6 is 0 Å². The fourth-order valence-corrected chi connectivity index (χ4v) is 2.99. The maximum atomic E-state index is 11.5. The molecule has 0 spiro atoms. The predicted molar refractivity (Wildman–Crippen MR) is 74.0 cm³/mol. The number of hydrogen-bond acceptors (Lipinski definition) is 3. The van der Waals surface area contributed by atoms with Crippen LogP contribution < -0.4 is 10.0 Å². The highest BCUT2D eigenvalue weighted by Gasteiger charge is 2.31. The lowest BCUT2D eigenvalue weighted by atomic mass is 9.89. The fraction of sp³-hybridized carbons (Fsp3) is 0.538. The van der Waals surface area contributed by atoms with E-state index in [1.54, 1.807) is 13.1 Å². The molecule has 0 radical (unpaired) electrons. The molecule has 1 aromatic carbocycles. The second kappa shape index (κ2) is 4.55. The number of hydrogen-bond donors (Lipinski definition) is 1. The fourth-order valence-electron chi connectivity index (χ4n) is 2.50. The Morgan fingerprint density at radius 1 is 1.28 bits per heavy atom. The highest BCUT2D eigenvalue weighted by atomic mass is 32.2. The smallest absolute Gasteiger partial charge is 0.231 e. The van der Waals surface area contributed by atoms with Crippen LogP contribution in [-0.2, 0) is 15.6 Å². The van der Waals surface area contributed by atoms with Gasteiger partial charge >= 0.3 is 0 Å². The highest BCUT2D eigenvalue weighted by molar-refractivity contribution is 7.92. The van der Waals surface area contributed by atoms with Gasteiger partial charge in [-0.3, -0.25) is 4.31 Å². The number of anilines is 1. The first-order valence-corrected chi connectivity index (χ1v) is 8.01. The van der Waals surface area contributed by atoms with Gasteiger partial charge in [0, 0.05) is 12.6 Å². The quantitative estimate of drug-likeness (QED) is 0.909. The van der Waals surface area contributed by atoms with Crippen molar-refractivity contribution < 1.29 is 8.42 Å². The van der Waals surface area contributed by atoms with Gasteiger partial charge in [-0.1, -0.05) is 25.0 Å². The molecule has 1 saturated carbocycles. The average molecular weight is 268 g/mol. The Morgan fingerprint density at radius 2 is 1.89 bits per heavy atom. The van der Waals surface area contributed by atoms with E-state index >= 15 is 0 Å². The molecule has 1 aliphatic rings. The van der Waals surface area contributed by atoms with Crippen LogP contribution in [0, 0.1) is 0 Å². The van der Waals surface area contributed by atoms with Crippen molar-refractivity contribution in [2.24, 2.45) is 5.73 Å². The van der Waals surface area contributed by atoms with Gasteiger partial charge < -0.3 is 5.73 Å². The Morgan fingerprint density at radius 3 is 2.44 bits per heavy atom. The summed E-state index contributed by atoms with van der Waals surface area (Å²) < 4.78 is 24.4. The zero-order chi connectivity index (χ0) is 13.4. The molecule has 0 heterocycles. The van der Waals surface area contributed by atoms with E-state index in [-0.39, 0.29) is 5.54 Å². The third kappa shape index (κ3) is 2.52. The van der Waals surface area contributed by atoms with Crippen LogP contribution in [0.25, 0.3) is 0 Å². The third-order valence-corrected chi connectivity index (χ3v) is 4.98. The molecular weight excluding hydrogens is 248 g/mol. The normalized spacial score (nSPS) is 18.8. The van der Waals surface area contributed by atoms with Crippen LogP contribution in [0.3, 0.4) is 0 Å². The lowest BCUT2D eigenvalue weighted by molar-refractivity contribution is 0.462. The molecular formula is C13H20N2O2S. The summed E-state index contributed by atoms with van der Waals surface area (Å²) in [7, 11) is -1.66. The zero-order valence-electron chi connectivity index (χ0n) is 10.9. The number of nitrogens with two attached hydrogens (primary N) is 1. The second-order valence-corrected chi connectivity index (χ2v) is 7.16. The monoisotopic (exact) mass is 268 g/mol. The molecule has 1 aliphatic carbocycles. The lowest BCUT2D eigenvalue weighted by Gasteiger charge is -2.26. The van der Waals surface area contributed by atoms with Gasteiger partial charge in [-0.15, -0.1) is 0 Å². The van der Waals surface area contributed by atoms with Crippen LogP contribution in [-0.4, -0.2) is 21.7 Å². The summed E-state index contributed by atoms with van der Waals surface area (Å²) >= 11 is 0. The number of sulfonamides is 1. The molecule has 0 amide bonds. The van der Waals surface area contributed by atoms with E-state index in [0.717, 1.165) is 31.2 Å². The van der Waals surface area contributed by atoms with Crippen LogP contribution in [0.15, 0.2) is 24.3 Å². The van der Waals surface area contributed by atoms with Crippen molar-refractivity contribution in [2.75, 3.05) is 17.6 Å². The van der Waals surface area contributed by atoms with Crippen molar-refractivity contribution in [3.8, 4) is 0 Å². The highest BCUT2D eigenvalue weighted by Crippen LogP contribution is 2.37. The minimum atomic E-state index is -3.22. The standard InChI is InChI=1S/C13H20N2O2S/c1-15(18(2,16)17)12-7-5-6-11(10-12)13(14)8-3-4-9-13/h5-7,10H,3-4,8-9,14H2,1-2H3. The van der Waals surface area contributed by atoms with Crippen LogP contribution in [0.2, 0.25) is 0 Å². The first-order chi connectivity index (χ1) is 8.33. The first-order valence-electron chi connectivity index (χ1n) is 6.16. The molecule has 0 unspecified atom stereocenters. The van der Waals surface area contributed by atoms with E-state index in [0.29, 0.717) is 5.69 Å². The molecule has 4 nitrogen and oxygen atoms in total. The number of nitrogens with zero attached hydrogens (tertiary/aromatic N) is 1. The SMILES string of the molecule is CN(c1cccc(C2(N)CCCC2)c1)S(C)(=O)=O.